The highest BCUT2D eigenvalue weighted by atomic mass is 32.2. The van der Waals surface area contributed by atoms with E-state index in [-0.39, 0.29) is 46.2 Å². The lowest BCUT2D eigenvalue weighted by Crippen LogP contribution is -2.42. The Hall–Kier alpha value is -2.83. The number of thiazole rings is 1. The van der Waals surface area contributed by atoms with E-state index in [0.29, 0.717) is 19.0 Å². The average Bonchev–Trinajstić information content (AvgIpc) is 3.47. The Balaban J connectivity index is 1.52. The number of alkyl halides is 6. The first-order valence-corrected chi connectivity index (χ1v) is 12.8. The van der Waals surface area contributed by atoms with Gasteiger partial charge in [-0.05, 0) is 12.8 Å². The predicted molar refractivity (Wildman–Crippen MR) is 118 cm³/mol. The molecule has 1 saturated heterocycles. The van der Waals surface area contributed by atoms with E-state index in [0.717, 1.165) is 6.20 Å². The average molecular weight is 572 g/mol. The molecule has 0 spiro atoms. The molecule has 4 heterocycles. The van der Waals surface area contributed by atoms with Gasteiger partial charge in [-0.25, -0.2) is 23.4 Å². The lowest BCUT2D eigenvalue weighted by Gasteiger charge is -2.31. The van der Waals surface area contributed by atoms with Crippen LogP contribution in [-0.2, 0) is 23.2 Å². The Morgan fingerprint density at radius 3 is 2.35 bits per heavy atom. The molecule has 0 saturated carbocycles. The Kier molecular flexibility index (Phi) is 7.21. The first kappa shape index (κ1) is 27.2. The Labute approximate surface area is 210 Å². The summed E-state index contributed by atoms with van der Waals surface area (Å²) in [6.45, 7) is 0.242. The normalized spacial score (nSPS) is 17.2. The summed E-state index contributed by atoms with van der Waals surface area (Å²) in [5.41, 5.74) is -1.98. The fraction of sp³-hybridized carbons (Fsp3) is 0.474. The van der Waals surface area contributed by atoms with Crippen LogP contribution in [0.5, 0.6) is 0 Å². The van der Waals surface area contributed by atoms with Gasteiger partial charge in [-0.15, -0.1) is 11.3 Å². The summed E-state index contributed by atoms with van der Waals surface area (Å²) in [5, 5.41) is 15.3. The lowest BCUT2D eigenvalue weighted by atomic mass is 10.1. The first-order valence-electron chi connectivity index (χ1n) is 10.6. The van der Waals surface area contributed by atoms with Crippen LogP contribution in [0.1, 0.15) is 29.5 Å². The van der Waals surface area contributed by atoms with Gasteiger partial charge in [0.1, 0.15) is 15.5 Å². The molecule has 202 valence electrons. The summed E-state index contributed by atoms with van der Waals surface area (Å²) in [7, 11) is -2.18. The molecule has 37 heavy (non-hydrogen) atoms. The van der Waals surface area contributed by atoms with Gasteiger partial charge in [-0.1, -0.05) is 0 Å². The highest BCUT2D eigenvalue weighted by Gasteiger charge is 2.42. The molecule has 3 aromatic heterocycles. The molecular weight excluding hydrogens is 552 g/mol. The number of rotatable bonds is 6. The van der Waals surface area contributed by atoms with Crippen molar-refractivity contribution in [2.45, 2.75) is 42.2 Å². The van der Waals surface area contributed by atoms with Gasteiger partial charge in [0.05, 0.1) is 16.8 Å². The number of aromatic nitrogens is 5. The number of nitrogens with zero attached hydrogens (tertiary/aromatic N) is 6. The Morgan fingerprint density at radius 2 is 1.78 bits per heavy atom. The van der Waals surface area contributed by atoms with Crippen LogP contribution in [0.3, 0.4) is 0 Å². The van der Waals surface area contributed by atoms with Crippen molar-refractivity contribution in [3.05, 3.63) is 35.4 Å². The number of hydrogen-bond acceptors (Lipinski definition) is 9. The molecule has 0 aliphatic carbocycles. The molecule has 1 atom stereocenters. The maximum absolute atomic E-state index is 13.6. The zero-order chi connectivity index (χ0) is 27.2. The van der Waals surface area contributed by atoms with E-state index in [1.165, 1.54) is 21.4 Å². The van der Waals surface area contributed by atoms with E-state index in [1.54, 1.807) is 7.05 Å². The van der Waals surface area contributed by atoms with Crippen molar-refractivity contribution in [1.82, 2.24) is 29.0 Å². The van der Waals surface area contributed by atoms with Crippen molar-refractivity contribution < 1.29 is 39.9 Å². The number of aryl methyl sites for hydroxylation is 1. The van der Waals surface area contributed by atoms with Gasteiger partial charge in [0.15, 0.2) is 0 Å². The second kappa shape index (κ2) is 9.80. The number of halogens is 6. The number of aliphatic hydroxyl groups excluding tert-OH is 1. The second-order valence-electron chi connectivity index (χ2n) is 8.13. The first-order chi connectivity index (χ1) is 17.2. The van der Waals surface area contributed by atoms with Crippen LogP contribution in [0.15, 0.2) is 29.7 Å². The number of hydrogen-bond donors (Lipinski definition) is 2. The minimum atomic E-state index is -5.04. The largest absolute Gasteiger partial charge is 0.420 e. The Morgan fingerprint density at radius 1 is 1.11 bits per heavy atom. The van der Waals surface area contributed by atoms with E-state index < -0.39 is 44.7 Å². The maximum atomic E-state index is 13.6. The van der Waals surface area contributed by atoms with Crippen molar-refractivity contribution in [1.29, 1.82) is 0 Å². The molecule has 3 aromatic rings. The van der Waals surface area contributed by atoms with Crippen molar-refractivity contribution >= 4 is 27.3 Å². The molecule has 0 radical (unpaired) electrons. The van der Waals surface area contributed by atoms with Crippen molar-refractivity contribution in [2.75, 3.05) is 18.4 Å². The van der Waals surface area contributed by atoms with E-state index in [2.05, 4.69) is 25.4 Å². The molecule has 18 heteroatoms. The van der Waals surface area contributed by atoms with E-state index in [4.69, 9.17) is 0 Å². The minimum Gasteiger partial charge on any atom is -0.377 e. The van der Waals surface area contributed by atoms with Crippen LogP contribution in [0.2, 0.25) is 0 Å². The topological polar surface area (TPSA) is 126 Å². The number of piperidine rings is 1. The van der Waals surface area contributed by atoms with Gasteiger partial charge >= 0.3 is 12.4 Å². The zero-order valence-electron chi connectivity index (χ0n) is 18.8. The third-order valence-electron chi connectivity index (χ3n) is 5.50. The standard InChI is InChI=1S/C19H19F6N7O3S2/c1-31-9-11(6-28-31)37(34,35)32-4-2-10(3-5-32)29-17-27-7-12(18(20,21)22)14(30-17)13-8-26-16(36-13)15(33)19(23,24)25/h6-10,15,33H,2-5H2,1H3,(H,27,29,30). The summed E-state index contributed by atoms with van der Waals surface area (Å²) >= 11 is 0.229. The molecular formula is C19H19F6N7O3S2. The summed E-state index contributed by atoms with van der Waals surface area (Å²) in [6, 6.07) is -0.381. The Bertz CT molecular complexity index is 1360. The lowest BCUT2D eigenvalue weighted by molar-refractivity contribution is -0.206. The van der Waals surface area contributed by atoms with Crippen LogP contribution in [0, 0.1) is 0 Å². The summed E-state index contributed by atoms with van der Waals surface area (Å²) in [5.74, 6) is -0.220. The van der Waals surface area contributed by atoms with E-state index >= 15 is 0 Å². The SMILES string of the molecule is Cn1cc(S(=O)(=O)N2CCC(Nc3ncc(C(F)(F)F)c(-c4cnc(C(O)C(F)(F)F)s4)n3)CC2)cn1. The molecule has 1 fully saturated rings. The predicted octanol–water partition coefficient (Wildman–Crippen LogP) is 3.21. The monoisotopic (exact) mass is 571 g/mol. The van der Waals surface area contributed by atoms with Gasteiger partial charge < -0.3 is 10.4 Å². The molecule has 1 aliphatic rings. The summed E-state index contributed by atoms with van der Waals surface area (Å²) in [6.07, 6.45) is -8.43. The number of aliphatic hydroxyl groups is 1. The van der Waals surface area contributed by atoms with Crippen molar-refractivity contribution in [2.24, 2.45) is 7.05 Å². The smallest absolute Gasteiger partial charge is 0.377 e. The molecule has 0 bridgehead atoms. The van der Waals surface area contributed by atoms with E-state index in [1.807, 2.05) is 0 Å². The second-order valence-corrected chi connectivity index (χ2v) is 11.1. The highest BCUT2D eigenvalue weighted by Crippen LogP contribution is 2.41. The van der Waals surface area contributed by atoms with Crippen molar-refractivity contribution in [3.63, 3.8) is 0 Å². The van der Waals surface area contributed by atoms with Gasteiger partial charge in [0.25, 0.3) is 0 Å². The number of anilines is 1. The molecule has 1 aliphatic heterocycles. The van der Waals surface area contributed by atoms with Gasteiger partial charge in [0, 0.05) is 44.8 Å². The third kappa shape index (κ3) is 5.86. The summed E-state index contributed by atoms with van der Waals surface area (Å²) in [4.78, 5) is 10.7. The quantitative estimate of drug-likeness (QED) is 0.432. The zero-order valence-corrected chi connectivity index (χ0v) is 20.5. The van der Waals surface area contributed by atoms with Crippen LogP contribution >= 0.6 is 11.3 Å². The highest BCUT2D eigenvalue weighted by molar-refractivity contribution is 7.89. The van der Waals surface area contributed by atoms with Gasteiger partial charge in [-0.3, -0.25) is 4.68 Å². The number of sulfonamides is 1. The van der Waals surface area contributed by atoms with Crippen LogP contribution in [0.4, 0.5) is 32.3 Å². The third-order valence-corrected chi connectivity index (χ3v) is 8.41. The molecule has 1 unspecified atom stereocenters. The molecule has 0 amide bonds. The van der Waals surface area contributed by atoms with E-state index in [9.17, 15) is 39.9 Å². The van der Waals surface area contributed by atoms with Gasteiger partial charge in [0.2, 0.25) is 22.1 Å². The fourth-order valence-corrected chi connectivity index (χ4v) is 6.00. The minimum absolute atomic E-state index is 0.0386. The summed E-state index contributed by atoms with van der Waals surface area (Å²) < 4.78 is 107. The maximum Gasteiger partial charge on any atom is 0.420 e. The molecule has 2 N–H and O–H groups in total. The van der Waals surface area contributed by atoms with Crippen LogP contribution < -0.4 is 5.32 Å². The van der Waals surface area contributed by atoms with Crippen LogP contribution in [0.25, 0.3) is 10.6 Å². The fourth-order valence-electron chi connectivity index (χ4n) is 3.61. The molecule has 4 rings (SSSR count). The number of nitrogens with one attached hydrogen (secondary N) is 1. The van der Waals surface area contributed by atoms with Crippen molar-refractivity contribution in [3.8, 4) is 10.6 Å². The van der Waals surface area contributed by atoms with Gasteiger partial charge in [-0.2, -0.15) is 35.7 Å². The molecule has 10 nitrogen and oxygen atoms in total. The van der Waals surface area contributed by atoms with Crippen LogP contribution in [-0.4, -0.2) is 67.9 Å². The molecule has 0 aromatic carbocycles.